The van der Waals surface area contributed by atoms with Crippen molar-refractivity contribution in [2.45, 2.75) is 26.4 Å². The average molecular weight is 353 g/mol. The van der Waals surface area contributed by atoms with Crippen LogP contribution in [0.5, 0.6) is 0 Å². The summed E-state index contributed by atoms with van der Waals surface area (Å²) in [5.41, 5.74) is 3.40. The van der Waals surface area contributed by atoms with E-state index in [-0.39, 0.29) is 17.6 Å². The standard InChI is InChI=1S/C14H17BrN4O2/c1-9(2)19-6-5-18(14(19)21)8-11-4-3-10(7-12(11)15)13(20)17-16/h3-7,9H,8,16H2,1-2H3,(H,17,20). The summed E-state index contributed by atoms with van der Waals surface area (Å²) in [5, 5.41) is 0. The molecule has 0 aliphatic carbocycles. The van der Waals surface area contributed by atoms with E-state index in [2.05, 4.69) is 21.4 Å². The summed E-state index contributed by atoms with van der Waals surface area (Å²) in [5.74, 6) is 4.75. The average Bonchev–Trinajstić information content (AvgIpc) is 2.81. The van der Waals surface area contributed by atoms with Gasteiger partial charge in [0.05, 0.1) is 6.54 Å². The fourth-order valence-electron chi connectivity index (χ4n) is 2.03. The Morgan fingerprint density at radius 1 is 1.38 bits per heavy atom. The lowest BCUT2D eigenvalue weighted by Crippen LogP contribution is -2.30. The summed E-state index contributed by atoms with van der Waals surface area (Å²) in [4.78, 5) is 23.6. The summed E-state index contributed by atoms with van der Waals surface area (Å²) in [7, 11) is 0. The normalized spacial score (nSPS) is 10.9. The van der Waals surface area contributed by atoms with Crippen molar-refractivity contribution in [2.24, 2.45) is 5.84 Å². The maximum atomic E-state index is 12.2. The van der Waals surface area contributed by atoms with Gasteiger partial charge in [0.25, 0.3) is 5.91 Å². The number of carbonyl (C=O) groups is 1. The third-order valence-corrected chi connectivity index (χ3v) is 3.96. The highest BCUT2D eigenvalue weighted by Crippen LogP contribution is 2.19. The van der Waals surface area contributed by atoms with Gasteiger partial charge in [-0.05, 0) is 31.5 Å². The lowest BCUT2D eigenvalue weighted by atomic mass is 10.1. The molecule has 1 amide bonds. The summed E-state index contributed by atoms with van der Waals surface area (Å²) >= 11 is 3.42. The molecule has 1 aromatic carbocycles. The Bertz CT molecular complexity index is 718. The summed E-state index contributed by atoms with van der Waals surface area (Å²) in [6.07, 6.45) is 3.53. The van der Waals surface area contributed by atoms with Gasteiger partial charge in [0.15, 0.2) is 0 Å². The molecule has 3 N–H and O–H groups in total. The molecule has 2 rings (SSSR count). The number of nitrogens with one attached hydrogen (secondary N) is 1. The van der Waals surface area contributed by atoms with Crippen LogP contribution >= 0.6 is 15.9 Å². The van der Waals surface area contributed by atoms with Crippen molar-refractivity contribution in [3.05, 3.63) is 56.7 Å². The predicted octanol–water partition coefficient (Wildman–Crippen LogP) is 1.64. The first-order chi connectivity index (χ1) is 9.93. The minimum Gasteiger partial charge on any atom is -0.297 e. The van der Waals surface area contributed by atoms with E-state index in [1.54, 1.807) is 39.7 Å². The first-order valence-corrected chi connectivity index (χ1v) is 7.30. The van der Waals surface area contributed by atoms with E-state index in [0.29, 0.717) is 12.1 Å². The van der Waals surface area contributed by atoms with Crippen LogP contribution in [0, 0.1) is 0 Å². The molecule has 0 atom stereocenters. The van der Waals surface area contributed by atoms with Crippen molar-refractivity contribution in [1.29, 1.82) is 0 Å². The zero-order valence-corrected chi connectivity index (χ0v) is 13.4. The van der Waals surface area contributed by atoms with Crippen molar-refractivity contribution in [3.8, 4) is 0 Å². The molecule has 0 saturated carbocycles. The summed E-state index contributed by atoms with van der Waals surface area (Å²) in [6, 6.07) is 5.28. The SMILES string of the molecule is CC(C)n1ccn(Cc2ccc(C(=O)NN)cc2Br)c1=O. The second-order valence-electron chi connectivity index (χ2n) is 4.99. The van der Waals surface area contributed by atoms with Crippen LogP contribution in [0.25, 0.3) is 0 Å². The molecule has 1 heterocycles. The Morgan fingerprint density at radius 2 is 2.10 bits per heavy atom. The van der Waals surface area contributed by atoms with Crippen LogP contribution in [0.2, 0.25) is 0 Å². The van der Waals surface area contributed by atoms with Gasteiger partial charge in [0, 0.05) is 28.5 Å². The van der Waals surface area contributed by atoms with Crippen LogP contribution < -0.4 is 17.0 Å². The molecule has 0 saturated heterocycles. The Hall–Kier alpha value is -1.86. The second-order valence-corrected chi connectivity index (χ2v) is 5.84. The monoisotopic (exact) mass is 352 g/mol. The van der Waals surface area contributed by atoms with Gasteiger partial charge in [-0.25, -0.2) is 10.6 Å². The minimum absolute atomic E-state index is 0.0549. The third kappa shape index (κ3) is 3.25. The fourth-order valence-corrected chi connectivity index (χ4v) is 2.53. The molecule has 0 unspecified atom stereocenters. The number of benzene rings is 1. The van der Waals surface area contributed by atoms with E-state index >= 15 is 0 Å². The van der Waals surface area contributed by atoms with Gasteiger partial charge in [0.1, 0.15) is 0 Å². The predicted molar refractivity (Wildman–Crippen MR) is 84.0 cm³/mol. The quantitative estimate of drug-likeness (QED) is 0.498. The minimum atomic E-state index is -0.356. The van der Waals surface area contributed by atoms with Gasteiger partial charge in [0.2, 0.25) is 0 Å². The van der Waals surface area contributed by atoms with E-state index < -0.39 is 0 Å². The Labute approximate surface area is 130 Å². The lowest BCUT2D eigenvalue weighted by Gasteiger charge is -2.08. The molecule has 6 nitrogen and oxygen atoms in total. The molecule has 21 heavy (non-hydrogen) atoms. The number of nitrogen functional groups attached to an aromatic ring is 1. The third-order valence-electron chi connectivity index (χ3n) is 3.22. The molecule has 0 aliphatic rings. The molecular weight excluding hydrogens is 336 g/mol. The van der Waals surface area contributed by atoms with E-state index in [4.69, 9.17) is 5.84 Å². The lowest BCUT2D eigenvalue weighted by molar-refractivity contribution is 0.0953. The van der Waals surface area contributed by atoms with Crippen LogP contribution in [0.3, 0.4) is 0 Å². The molecule has 0 radical (unpaired) electrons. The zero-order chi connectivity index (χ0) is 15.6. The Balaban J connectivity index is 2.28. The number of hydrazine groups is 1. The second kappa shape index (κ2) is 6.28. The Morgan fingerprint density at radius 3 is 2.62 bits per heavy atom. The molecule has 0 spiro atoms. The van der Waals surface area contributed by atoms with E-state index in [9.17, 15) is 9.59 Å². The number of hydrogen-bond acceptors (Lipinski definition) is 3. The summed E-state index contributed by atoms with van der Waals surface area (Å²) in [6.45, 7) is 4.35. The smallest absolute Gasteiger partial charge is 0.297 e. The molecule has 0 aliphatic heterocycles. The highest BCUT2D eigenvalue weighted by molar-refractivity contribution is 9.10. The van der Waals surface area contributed by atoms with Crippen molar-refractivity contribution in [3.63, 3.8) is 0 Å². The number of carbonyl (C=O) groups excluding carboxylic acids is 1. The van der Waals surface area contributed by atoms with Gasteiger partial charge in [-0.3, -0.25) is 19.4 Å². The van der Waals surface area contributed by atoms with Gasteiger partial charge in [-0.1, -0.05) is 22.0 Å². The highest BCUT2D eigenvalue weighted by atomic mass is 79.9. The number of rotatable bonds is 4. The number of hydrogen-bond donors (Lipinski definition) is 2. The number of halogens is 1. The van der Waals surface area contributed by atoms with E-state index in [0.717, 1.165) is 10.0 Å². The molecule has 2 aromatic rings. The van der Waals surface area contributed by atoms with Crippen LogP contribution in [0.4, 0.5) is 0 Å². The van der Waals surface area contributed by atoms with Crippen molar-refractivity contribution in [2.75, 3.05) is 0 Å². The molecular formula is C14H17BrN4O2. The van der Waals surface area contributed by atoms with Gasteiger partial charge in [-0.2, -0.15) is 0 Å². The van der Waals surface area contributed by atoms with Crippen molar-refractivity contribution >= 4 is 21.8 Å². The maximum Gasteiger partial charge on any atom is 0.328 e. The summed E-state index contributed by atoms with van der Waals surface area (Å²) < 4.78 is 4.06. The Kier molecular flexibility index (Phi) is 4.64. The molecule has 0 fully saturated rings. The number of amides is 1. The van der Waals surface area contributed by atoms with Crippen LogP contribution in [0.15, 0.2) is 39.9 Å². The first kappa shape index (κ1) is 15.5. The van der Waals surface area contributed by atoms with Crippen LogP contribution in [0.1, 0.15) is 35.8 Å². The number of aromatic nitrogens is 2. The van der Waals surface area contributed by atoms with Crippen LogP contribution in [-0.4, -0.2) is 15.0 Å². The zero-order valence-electron chi connectivity index (χ0n) is 11.8. The van der Waals surface area contributed by atoms with Gasteiger partial charge >= 0.3 is 5.69 Å². The van der Waals surface area contributed by atoms with Crippen LogP contribution in [-0.2, 0) is 6.54 Å². The highest BCUT2D eigenvalue weighted by Gasteiger charge is 2.10. The van der Waals surface area contributed by atoms with Crippen molar-refractivity contribution in [1.82, 2.24) is 14.6 Å². The number of nitrogens with zero attached hydrogens (tertiary/aromatic N) is 2. The van der Waals surface area contributed by atoms with Gasteiger partial charge < -0.3 is 0 Å². The molecule has 1 aromatic heterocycles. The van der Waals surface area contributed by atoms with E-state index in [1.165, 1.54) is 0 Å². The molecule has 0 bridgehead atoms. The van der Waals surface area contributed by atoms with E-state index in [1.807, 2.05) is 13.8 Å². The largest absolute Gasteiger partial charge is 0.328 e. The fraction of sp³-hybridized carbons (Fsp3) is 0.286. The topological polar surface area (TPSA) is 82.1 Å². The maximum absolute atomic E-state index is 12.2. The van der Waals surface area contributed by atoms with Gasteiger partial charge in [-0.15, -0.1) is 0 Å². The number of nitrogens with two attached hydrogens (primary N) is 1. The molecule has 7 heteroatoms. The first-order valence-electron chi connectivity index (χ1n) is 6.50. The molecule has 112 valence electrons. The van der Waals surface area contributed by atoms with Crippen molar-refractivity contribution < 1.29 is 4.79 Å². The number of imidazole rings is 1.